The van der Waals surface area contributed by atoms with Gasteiger partial charge in [0.05, 0.1) is 19.4 Å². The van der Waals surface area contributed by atoms with Crippen LogP contribution in [0.2, 0.25) is 0 Å². The van der Waals surface area contributed by atoms with E-state index < -0.39 is 0 Å². The summed E-state index contributed by atoms with van der Waals surface area (Å²) in [5, 5.41) is 8.03. The summed E-state index contributed by atoms with van der Waals surface area (Å²) in [6, 6.07) is 5.53. The van der Waals surface area contributed by atoms with E-state index in [1.54, 1.807) is 19.4 Å². The Labute approximate surface area is 135 Å². The van der Waals surface area contributed by atoms with E-state index in [2.05, 4.69) is 25.1 Å². The van der Waals surface area contributed by atoms with Crippen molar-refractivity contribution in [3.63, 3.8) is 0 Å². The average molecular weight is 315 g/mol. The monoisotopic (exact) mass is 315 g/mol. The lowest BCUT2D eigenvalue weighted by atomic mass is 9.98. The summed E-state index contributed by atoms with van der Waals surface area (Å²) in [5.41, 5.74) is 0.893. The Morgan fingerprint density at radius 2 is 1.96 bits per heavy atom. The van der Waals surface area contributed by atoms with Crippen molar-refractivity contribution in [1.29, 1.82) is 0 Å². The lowest BCUT2D eigenvalue weighted by Gasteiger charge is -2.31. The molecule has 7 heteroatoms. The zero-order valence-electron chi connectivity index (χ0n) is 13.5. The summed E-state index contributed by atoms with van der Waals surface area (Å²) >= 11 is 0. The van der Waals surface area contributed by atoms with Crippen molar-refractivity contribution in [3.8, 4) is 11.8 Å². The van der Waals surface area contributed by atoms with E-state index >= 15 is 0 Å². The predicted octanol–water partition coefficient (Wildman–Crippen LogP) is 1.88. The average Bonchev–Trinajstić information content (AvgIpc) is 2.62. The molecule has 2 aromatic rings. The maximum atomic E-state index is 5.73. The molecule has 1 saturated heterocycles. The summed E-state index contributed by atoms with van der Waals surface area (Å²) in [7, 11) is 1.61. The summed E-state index contributed by atoms with van der Waals surface area (Å²) in [6.07, 6.45) is 3.81. The molecule has 23 heavy (non-hydrogen) atoms. The second kappa shape index (κ2) is 7.21. The van der Waals surface area contributed by atoms with Gasteiger partial charge in [0.15, 0.2) is 0 Å². The standard InChI is InChI=1S/C16H21N5O2/c1-12-3-4-15(20-19-12)23-11-13-6-9-21(10-7-13)16-17-8-5-14(18-16)22-2/h3-5,8,13H,6-7,9-11H2,1-2H3. The van der Waals surface area contributed by atoms with Gasteiger partial charge in [-0.15, -0.1) is 5.10 Å². The zero-order chi connectivity index (χ0) is 16.1. The molecule has 0 saturated carbocycles. The minimum atomic E-state index is 0.514. The Morgan fingerprint density at radius 1 is 1.13 bits per heavy atom. The van der Waals surface area contributed by atoms with E-state index in [-0.39, 0.29) is 0 Å². The molecule has 3 heterocycles. The molecule has 0 radical (unpaired) electrons. The number of hydrogen-bond donors (Lipinski definition) is 0. The van der Waals surface area contributed by atoms with Gasteiger partial charge in [0, 0.05) is 31.4 Å². The molecule has 0 unspecified atom stereocenters. The van der Waals surface area contributed by atoms with Crippen LogP contribution in [0, 0.1) is 12.8 Å². The lowest BCUT2D eigenvalue weighted by Crippen LogP contribution is -2.36. The van der Waals surface area contributed by atoms with Crippen molar-refractivity contribution >= 4 is 5.95 Å². The third-order valence-electron chi connectivity index (χ3n) is 3.96. The Hall–Kier alpha value is -2.44. The molecule has 2 aromatic heterocycles. The van der Waals surface area contributed by atoms with Gasteiger partial charge in [-0.3, -0.25) is 0 Å². The zero-order valence-corrected chi connectivity index (χ0v) is 13.5. The number of aromatic nitrogens is 4. The fourth-order valence-electron chi connectivity index (χ4n) is 2.56. The summed E-state index contributed by atoms with van der Waals surface area (Å²) in [5.74, 6) is 2.43. The van der Waals surface area contributed by atoms with Crippen LogP contribution in [-0.4, -0.2) is 47.0 Å². The topological polar surface area (TPSA) is 73.3 Å². The van der Waals surface area contributed by atoms with Gasteiger partial charge in [0.1, 0.15) is 0 Å². The SMILES string of the molecule is COc1ccnc(N2CCC(COc3ccc(C)nn3)CC2)n1. The van der Waals surface area contributed by atoms with E-state index in [9.17, 15) is 0 Å². The quantitative estimate of drug-likeness (QED) is 0.834. The third kappa shape index (κ3) is 4.06. The van der Waals surface area contributed by atoms with Gasteiger partial charge in [-0.1, -0.05) is 0 Å². The molecular formula is C16H21N5O2. The first kappa shape index (κ1) is 15.5. The maximum absolute atomic E-state index is 5.73. The van der Waals surface area contributed by atoms with Crippen molar-refractivity contribution in [2.24, 2.45) is 5.92 Å². The molecule has 1 aliphatic rings. The van der Waals surface area contributed by atoms with Gasteiger partial charge in [0.2, 0.25) is 17.7 Å². The van der Waals surface area contributed by atoms with Crippen molar-refractivity contribution < 1.29 is 9.47 Å². The van der Waals surface area contributed by atoms with Crippen LogP contribution in [-0.2, 0) is 0 Å². The first-order chi connectivity index (χ1) is 11.2. The third-order valence-corrected chi connectivity index (χ3v) is 3.96. The second-order valence-corrected chi connectivity index (χ2v) is 5.65. The van der Waals surface area contributed by atoms with Gasteiger partial charge in [-0.25, -0.2) is 4.98 Å². The largest absolute Gasteiger partial charge is 0.481 e. The van der Waals surface area contributed by atoms with Crippen LogP contribution in [0.3, 0.4) is 0 Å². The van der Waals surface area contributed by atoms with Crippen LogP contribution in [0.5, 0.6) is 11.8 Å². The summed E-state index contributed by atoms with van der Waals surface area (Å²) in [6.45, 7) is 4.42. The van der Waals surface area contributed by atoms with E-state index in [0.717, 1.165) is 37.6 Å². The number of nitrogens with zero attached hydrogens (tertiary/aromatic N) is 5. The van der Waals surface area contributed by atoms with Crippen LogP contribution in [0.4, 0.5) is 5.95 Å². The minimum Gasteiger partial charge on any atom is -0.481 e. The highest BCUT2D eigenvalue weighted by Gasteiger charge is 2.22. The smallest absolute Gasteiger partial charge is 0.233 e. The lowest BCUT2D eigenvalue weighted by molar-refractivity contribution is 0.213. The molecule has 1 aliphatic heterocycles. The molecule has 0 N–H and O–H groups in total. The molecule has 3 rings (SSSR count). The minimum absolute atomic E-state index is 0.514. The Morgan fingerprint density at radius 3 is 2.65 bits per heavy atom. The molecular weight excluding hydrogens is 294 g/mol. The Bertz CT molecular complexity index is 627. The molecule has 7 nitrogen and oxygen atoms in total. The fraction of sp³-hybridized carbons (Fsp3) is 0.500. The van der Waals surface area contributed by atoms with Crippen LogP contribution in [0.25, 0.3) is 0 Å². The van der Waals surface area contributed by atoms with Crippen molar-refractivity contribution in [2.75, 3.05) is 31.7 Å². The van der Waals surface area contributed by atoms with Crippen molar-refractivity contribution in [3.05, 3.63) is 30.1 Å². The highest BCUT2D eigenvalue weighted by molar-refractivity contribution is 5.32. The van der Waals surface area contributed by atoms with Crippen LogP contribution >= 0.6 is 0 Å². The van der Waals surface area contributed by atoms with E-state index in [1.807, 2.05) is 19.1 Å². The molecule has 122 valence electrons. The van der Waals surface area contributed by atoms with Gasteiger partial charge < -0.3 is 14.4 Å². The van der Waals surface area contributed by atoms with Gasteiger partial charge in [-0.2, -0.15) is 10.1 Å². The molecule has 0 spiro atoms. The number of methoxy groups -OCH3 is 1. The Balaban J connectivity index is 1.49. The normalized spacial score (nSPS) is 15.5. The van der Waals surface area contributed by atoms with E-state index in [0.29, 0.717) is 24.3 Å². The predicted molar refractivity (Wildman–Crippen MR) is 85.8 cm³/mol. The van der Waals surface area contributed by atoms with Gasteiger partial charge in [-0.05, 0) is 31.7 Å². The first-order valence-corrected chi connectivity index (χ1v) is 7.79. The highest BCUT2D eigenvalue weighted by Crippen LogP contribution is 2.22. The fourth-order valence-corrected chi connectivity index (χ4v) is 2.56. The molecule has 0 aliphatic carbocycles. The van der Waals surface area contributed by atoms with Gasteiger partial charge >= 0.3 is 0 Å². The van der Waals surface area contributed by atoms with Crippen LogP contribution in [0.15, 0.2) is 24.4 Å². The maximum Gasteiger partial charge on any atom is 0.233 e. The molecule has 0 aromatic carbocycles. The number of ether oxygens (including phenoxy) is 2. The first-order valence-electron chi connectivity index (χ1n) is 7.79. The number of anilines is 1. The molecule has 0 amide bonds. The summed E-state index contributed by atoms with van der Waals surface area (Å²) in [4.78, 5) is 10.9. The highest BCUT2D eigenvalue weighted by atomic mass is 16.5. The van der Waals surface area contributed by atoms with E-state index in [4.69, 9.17) is 9.47 Å². The molecule has 1 fully saturated rings. The Kier molecular flexibility index (Phi) is 4.85. The number of hydrogen-bond acceptors (Lipinski definition) is 7. The number of aryl methyl sites for hydroxylation is 1. The number of rotatable bonds is 5. The second-order valence-electron chi connectivity index (χ2n) is 5.65. The van der Waals surface area contributed by atoms with Gasteiger partial charge in [0.25, 0.3) is 0 Å². The van der Waals surface area contributed by atoms with E-state index in [1.165, 1.54) is 0 Å². The summed E-state index contributed by atoms with van der Waals surface area (Å²) < 4.78 is 10.9. The van der Waals surface area contributed by atoms with Crippen molar-refractivity contribution in [1.82, 2.24) is 20.2 Å². The van der Waals surface area contributed by atoms with Crippen molar-refractivity contribution in [2.45, 2.75) is 19.8 Å². The molecule has 0 bridgehead atoms. The number of piperidine rings is 1. The van der Waals surface area contributed by atoms with Crippen LogP contribution < -0.4 is 14.4 Å². The van der Waals surface area contributed by atoms with Crippen LogP contribution in [0.1, 0.15) is 18.5 Å². The molecule has 0 atom stereocenters.